The van der Waals surface area contributed by atoms with Crippen LogP contribution >= 0.6 is 28.3 Å². The molecule has 0 aliphatic carbocycles. The second-order valence-corrected chi connectivity index (χ2v) is 7.25. The lowest BCUT2D eigenvalue weighted by Gasteiger charge is -2.25. The molecule has 2 N–H and O–H groups in total. The van der Waals surface area contributed by atoms with Crippen LogP contribution in [0.3, 0.4) is 0 Å². The van der Waals surface area contributed by atoms with Gasteiger partial charge >= 0.3 is 0 Å². The lowest BCUT2D eigenvalue weighted by molar-refractivity contribution is -0.127. The molecule has 2 atom stereocenters. The normalized spacial score (nSPS) is 23.8. The van der Waals surface area contributed by atoms with E-state index in [1.54, 1.807) is 4.90 Å². The smallest absolute Gasteiger partial charge is 0.227 e. The number of anilines is 1. The first-order chi connectivity index (χ1) is 11.0. The summed E-state index contributed by atoms with van der Waals surface area (Å²) >= 11 is 3.47. The van der Waals surface area contributed by atoms with Crippen molar-refractivity contribution in [1.29, 1.82) is 0 Å². The monoisotopic (exact) mass is 415 g/mol. The largest absolute Gasteiger partial charge is 0.352 e. The molecule has 5 nitrogen and oxygen atoms in total. The summed E-state index contributed by atoms with van der Waals surface area (Å²) in [6, 6.07) is 6.03. The third-order valence-electron chi connectivity index (χ3n) is 4.59. The van der Waals surface area contributed by atoms with E-state index < -0.39 is 0 Å². The van der Waals surface area contributed by atoms with Crippen molar-refractivity contribution in [3.05, 3.63) is 28.2 Å². The predicted molar refractivity (Wildman–Crippen MR) is 101 cm³/mol. The summed E-state index contributed by atoms with van der Waals surface area (Å²) in [6.45, 7) is 4.30. The van der Waals surface area contributed by atoms with Crippen molar-refractivity contribution in [2.24, 2.45) is 5.92 Å². The van der Waals surface area contributed by atoms with Crippen LogP contribution in [-0.2, 0) is 9.59 Å². The minimum atomic E-state index is -0.256. The molecule has 7 heteroatoms. The molecule has 0 saturated carbocycles. The van der Waals surface area contributed by atoms with Crippen LogP contribution in [0.5, 0.6) is 0 Å². The van der Waals surface area contributed by atoms with Gasteiger partial charge in [0.25, 0.3) is 0 Å². The lowest BCUT2D eigenvalue weighted by Crippen LogP contribution is -2.47. The third kappa shape index (κ3) is 4.29. The van der Waals surface area contributed by atoms with Gasteiger partial charge < -0.3 is 15.5 Å². The van der Waals surface area contributed by atoms with Crippen molar-refractivity contribution in [2.75, 3.05) is 24.5 Å². The van der Waals surface area contributed by atoms with E-state index in [2.05, 4.69) is 26.6 Å². The molecule has 0 spiro atoms. The van der Waals surface area contributed by atoms with E-state index in [9.17, 15) is 9.59 Å². The average molecular weight is 417 g/mol. The molecular formula is C17H23BrClN3O2. The Morgan fingerprint density at radius 3 is 2.88 bits per heavy atom. The highest BCUT2D eigenvalue weighted by Gasteiger charge is 2.36. The second-order valence-electron chi connectivity index (χ2n) is 6.39. The zero-order valence-corrected chi connectivity index (χ0v) is 16.1. The molecule has 132 valence electrons. The Bertz CT molecular complexity index is 620. The number of hydrogen-bond donors (Lipinski definition) is 2. The molecule has 24 heavy (non-hydrogen) atoms. The van der Waals surface area contributed by atoms with Crippen LogP contribution in [0.25, 0.3) is 0 Å². The lowest BCUT2D eigenvalue weighted by atomic mass is 10.0. The maximum absolute atomic E-state index is 12.4. The van der Waals surface area contributed by atoms with E-state index in [1.807, 2.05) is 25.1 Å². The maximum Gasteiger partial charge on any atom is 0.227 e. The maximum atomic E-state index is 12.4. The Morgan fingerprint density at radius 1 is 1.42 bits per heavy atom. The quantitative estimate of drug-likeness (QED) is 0.795. The summed E-state index contributed by atoms with van der Waals surface area (Å²) in [5.41, 5.74) is 1.95. The summed E-state index contributed by atoms with van der Waals surface area (Å²) in [6.07, 6.45) is 2.38. The Hall–Kier alpha value is -1.11. The van der Waals surface area contributed by atoms with Gasteiger partial charge in [-0.2, -0.15) is 0 Å². The molecule has 2 heterocycles. The van der Waals surface area contributed by atoms with Crippen LogP contribution in [0.4, 0.5) is 5.69 Å². The zero-order valence-electron chi connectivity index (χ0n) is 13.7. The number of carbonyl (C=O) groups excluding carboxylic acids is 2. The van der Waals surface area contributed by atoms with Crippen molar-refractivity contribution >= 4 is 45.8 Å². The molecule has 2 amide bonds. The number of hydrogen-bond acceptors (Lipinski definition) is 3. The highest BCUT2D eigenvalue weighted by Crippen LogP contribution is 2.28. The van der Waals surface area contributed by atoms with Crippen LogP contribution in [0.1, 0.15) is 24.8 Å². The topological polar surface area (TPSA) is 61.4 Å². The van der Waals surface area contributed by atoms with Gasteiger partial charge in [-0.1, -0.05) is 15.9 Å². The summed E-state index contributed by atoms with van der Waals surface area (Å²) in [4.78, 5) is 26.5. The first kappa shape index (κ1) is 19.2. The minimum absolute atomic E-state index is 0. The molecule has 2 fully saturated rings. The van der Waals surface area contributed by atoms with Gasteiger partial charge in [0.2, 0.25) is 11.8 Å². The van der Waals surface area contributed by atoms with Crippen LogP contribution in [-0.4, -0.2) is 37.5 Å². The Morgan fingerprint density at radius 2 is 2.21 bits per heavy atom. The molecule has 2 aliphatic rings. The number of benzene rings is 1. The molecule has 1 aromatic rings. The first-order valence-corrected chi connectivity index (χ1v) is 8.91. The van der Waals surface area contributed by atoms with Crippen molar-refractivity contribution in [3.8, 4) is 0 Å². The number of halogens is 2. The highest BCUT2D eigenvalue weighted by atomic mass is 79.9. The molecule has 0 bridgehead atoms. The number of nitrogens with zero attached hydrogens (tertiary/aromatic N) is 1. The van der Waals surface area contributed by atoms with Gasteiger partial charge in [-0.05, 0) is 50.1 Å². The first-order valence-electron chi connectivity index (χ1n) is 8.12. The minimum Gasteiger partial charge on any atom is -0.352 e. The Labute approximate surface area is 157 Å². The summed E-state index contributed by atoms with van der Waals surface area (Å²) in [7, 11) is 0. The van der Waals surface area contributed by atoms with Crippen molar-refractivity contribution < 1.29 is 9.59 Å². The SMILES string of the molecule is Cc1cc(N2CC(C(=O)N[C@H]3CCCNC3)CC2=O)ccc1Br.Cl. The van der Waals surface area contributed by atoms with Gasteiger partial charge in [0, 0.05) is 35.7 Å². The van der Waals surface area contributed by atoms with Crippen molar-refractivity contribution in [2.45, 2.75) is 32.2 Å². The van der Waals surface area contributed by atoms with Crippen LogP contribution in [0.15, 0.2) is 22.7 Å². The van der Waals surface area contributed by atoms with Gasteiger partial charge in [0.05, 0.1) is 5.92 Å². The fourth-order valence-electron chi connectivity index (χ4n) is 3.22. The standard InChI is InChI=1S/C17H22BrN3O2.ClH/c1-11-7-14(4-5-15(11)18)21-10-12(8-16(21)22)17(23)20-13-3-2-6-19-9-13;/h4-5,7,12-13,19H,2-3,6,8-10H2,1H3,(H,20,23);1H/t12?,13-;/m0./s1. The van der Waals surface area contributed by atoms with E-state index in [-0.39, 0.29) is 36.2 Å². The number of nitrogens with one attached hydrogen (secondary N) is 2. The molecule has 2 aliphatic heterocycles. The van der Waals surface area contributed by atoms with E-state index >= 15 is 0 Å². The number of aryl methyl sites for hydroxylation is 1. The van der Waals surface area contributed by atoms with Crippen molar-refractivity contribution in [1.82, 2.24) is 10.6 Å². The van der Waals surface area contributed by atoms with Gasteiger partial charge in [-0.15, -0.1) is 12.4 Å². The van der Waals surface area contributed by atoms with Gasteiger partial charge in [-0.3, -0.25) is 9.59 Å². The zero-order chi connectivity index (χ0) is 16.4. The fraction of sp³-hybridized carbons (Fsp3) is 0.529. The summed E-state index contributed by atoms with van der Waals surface area (Å²) < 4.78 is 1.02. The third-order valence-corrected chi connectivity index (χ3v) is 5.48. The Kier molecular flexibility index (Phi) is 6.66. The van der Waals surface area contributed by atoms with Crippen LogP contribution in [0, 0.1) is 12.8 Å². The van der Waals surface area contributed by atoms with E-state index in [0.29, 0.717) is 13.0 Å². The summed E-state index contributed by atoms with van der Waals surface area (Å²) in [5.74, 6) is -0.231. The molecule has 1 unspecified atom stereocenters. The van der Waals surface area contributed by atoms with Gasteiger partial charge in [0.1, 0.15) is 0 Å². The van der Waals surface area contributed by atoms with Gasteiger partial charge in [-0.25, -0.2) is 0 Å². The molecular weight excluding hydrogens is 394 g/mol. The summed E-state index contributed by atoms with van der Waals surface area (Å²) in [5, 5.41) is 6.38. The van der Waals surface area contributed by atoms with E-state index in [0.717, 1.165) is 41.7 Å². The average Bonchev–Trinajstić information content (AvgIpc) is 2.93. The van der Waals surface area contributed by atoms with Crippen molar-refractivity contribution in [3.63, 3.8) is 0 Å². The fourth-order valence-corrected chi connectivity index (χ4v) is 3.47. The van der Waals surface area contributed by atoms with Crippen LogP contribution in [0.2, 0.25) is 0 Å². The molecule has 0 aromatic heterocycles. The van der Waals surface area contributed by atoms with E-state index in [1.165, 1.54) is 0 Å². The molecule has 2 saturated heterocycles. The molecule has 3 rings (SSSR count). The number of carbonyl (C=O) groups is 2. The van der Waals surface area contributed by atoms with E-state index in [4.69, 9.17) is 0 Å². The van der Waals surface area contributed by atoms with Gasteiger partial charge in [0.15, 0.2) is 0 Å². The van der Waals surface area contributed by atoms with Crippen LogP contribution < -0.4 is 15.5 Å². The number of piperidine rings is 1. The molecule has 1 aromatic carbocycles. The second kappa shape index (κ2) is 8.32. The predicted octanol–water partition coefficient (Wildman–Crippen LogP) is 2.40. The Balaban J connectivity index is 0.00000208. The number of rotatable bonds is 3. The molecule has 0 radical (unpaired) electrons. The number of amides is 2. The highest BCUT2D eigenvalue weighted by molar-refractivity contribution is 9.10.